The number of aromatic nitrogens is 2. The highest BCUT2D eigenvalue weighted by Crippen LogP contribution is 2.22. The van der Waals surface area contributed by atoms with E-state index in [1.54, 1.807) is 13.8 Å². The van der Waals surface area contributed by atoms with Crippen LogP contribution in [0.3, 0.4) is 0 Å². The first-order valence-electron chi connectivity index (χ1n) is 6.91. The largest absolute Gasteiger partial charge is 0.477 e. The molecule has 0 spiro atoms. The Morgan fingerprint density at radius 3 is 2.80 bits per heavy atom. The summed E-state index contributed by atoms with van der Waals surface area (Å²) >= 11 is 0. The van der Waals surface area contributed by atoms with E-state index in [2.05, 4.69) is 22.1 Å². The number of rotatable bonds is 4. The van der Waals surface area contributed by atoms with Crippen LogP contribution in [0.25, 0.3) is 0 Å². The molecular weight excluding hydrogens is 258 g/mol. The fourth-order valence-electron chi connectivity index (χ4n) is 2.47. The third kappa shape index (κ3) is 3.07. The Morgan fingerprint density at radius 2 is 2.15 bits per heavy atom. The molecule has 1 aliphatic heterocycles. The van der Waals surface area contributed by atoms with Crippen LogP contribution < -0.4 is 4.74 Å². The molecule has 1 fully saturated rings. The van der Waals surface area contributed by atoms with E-state index in [1.807, 2.05) is 0 Å². The third-order valence-corrected chi connectivity index (χ3v) is 3.97. The minimum Gasteiger partial charge on any atom is -0.477 e. The van der Waals surface area contributed by atoms with Crippen LogP contribution in [0.4, 0.5) is 0 Å². The minimum absolute atomic E-state index is 0.121. The van der Waals surface area contributed by atoms with E-state index in [4.69, 9.17) is 4.74 Å². The molecule has 110 valence electrons. The number of hydrogen-bond acceptors (Lipinski definition) is 5. The first-order chi connectivity index (χ1) is 9.50. The van der Waals surface area contributed by atoms with E-state index in [-0.39, 0.29) is 11.4 Å². The predicted octanol–water partition coefficient (Wildman–Crippen LogP) is 1.65. The van der Waals surface area contributed by atoms with Crippen LogP contribution in [-0.4, -0.2) is 52.4 Å². The van der Waals surface area contributed by atoms with Gasteiger partial charge in [0.1, 0.15) is 12.2 Å². The van der Waals surface area contributed by atoms with Gasteiger partial charge in [-0.05, 0) is 45.8 Å². The third-order valence-electron chi connectivity index (χ3n) is 3.97. The van der Waals surface area contributed by atoms with Crippen LogP contribution in [0.2, 0.25) is 0 Å². The lowest BCUT2D eigenvalue weighted by atomic mass is 10.0. The van der Waals surface area contributed by atoms with E-state index in [0.717, 1.165) is 13.0 Å². The lowest BCUT2D eigenvalue weighted by Gasteiger charge is -2.32. The van der Waals surface area contributed by atoms with Crippen molar-refractivity contribution in [2.24, 2.45) is 0 Å². The molecule has 1 N–H and O–H groups in total. The van der Waals surface area contributed by atoms with Gasteiger partial charge in [0, 0.05) is 6.04 Å². The van der Waals surface area contributed by atoms with Crippen molar-refractivity contribution in [3.63, 3.8) is 0 Å². The second kappa shape index (κ2) is 6.17. The first kappa shape index (κ1) is 14.7. The number of hydrogen-bond donors (Lipinski definition) is 1. The van der Waals surface area contributed by atoms with Gasteiger partial charge in [0.25, 0.3) is 0 Å². The van der Waals surface area contributed by atoms with Crippen molar-refractivity contribution < 1.29 is 14.6 Å². The smallest absolute Gasteiger partial charge is 0.341 e. The van der Waals surface area contributed by atoms with Gasteiger partial charge in [-0.1, -0.05) is 6.42 Å². The molecule has 1 aliphatic rings. The van der Waals surface area contributed by atoms with Crippen molar-refractivity contribution in [1.82, 2.24) is 15.1 Å². The Hall–Kier alpha value is -1.69. The normalized spacial score (nSPS) is 19.9. The molecule has 0 radical (unpaired) electrons. The van der Waals surface area contributed by atoms with E-state index < -0.39 is 5.97 Å². The Kier molecular flexibility index (Phi) is 4.54. The molecule has 0 bridgehead atoms. The fourth-order valence-corrected chi connectivity index (χ4v) is 2.47. The molecule has 0 amide bonds. The average Bonchev–Trinajstić information content (AvgIpc) is 2.41. The van der Waals surface area contributed by atoms with Gasteiger partial charge in [-0.3, -0.25) is 0 Å². The standard InChI is InChI=1S/C14H21N3O3/c1-9-10(2)15-16-13(12(9)14(18)19)20-8-11-6-4-5-7-17(11)3/h11H,4-8H2,1-3H3,(H,18,19). The lowest BCUT2D eigenvalue weighted by molar-refractivity contribution is 0.0684. The summed E-state index contributed by atoms with van der Waals surface area (Å²) in [4.78, 5) is 13.6. The molecule has 2 rings (SSSR count). The number of ether oxygens (including phenoxy) is 1. The highest BCUT2D eigenvalue weighted by atomic mass is 16.5. The van der Waals surface area contributed by atoms with Gasteiger partial charge in [-0.2, -0.15) is 5.10 Å². The Bertz CT molecular complexity index is 505. The van der Waals surface area contributed by atoms with Crippen LogP contribution in [0, 0.1) is 13.8 Å². The summed E-state index contributed by atoms with van der Waals surface area (Å²) in [5, 5.41) is 17.2. The monoisotopic (exact) mass is 279 g/mol. The van der Waals surface area contributed by atoms with E-state index >= 15 is 0 Å². The molecule has 0 saturated carbocycles. The molecule has 1 aromatic rings. The molecule has 0 aliphatic carbocycles. The zero-order chi connectivity index (χ0) is 14.7. The molecule has 1 unspecified atom stereocenters. The average molecular weight is 279 g/mol. The van der Waals surface area contributed by atoms with Crippen LogP contribution in [0.15, 0.2) is 0 Å². The molecule has 2 heterocycles. The van der Waals surface area contributed by atoms with Crippen molar-refractivity contribution >= 4 is 5.97 Å². The maximum atomic E-state index is 11.4. The number of aryl methyl sites for hydroxylation is 1. The number of nitrogens with zero attached hydrogens (tertiary/aromatic N) is 3. The number of carbonyl (C=O) groups is 1. The van der Waals surface area contributed by atoms with Gasteiger partial charge in [-0.15, -0.1) is 5.10 Å². The second-order valence-corrected chi connectivity index (χ2v) is 5.34. The van der Waals surface area contributed by atoms with Gasteiger partial charge in [0.05, 0.1) is 5.69 Å². The van der Waals surface area contributed by atoms with Gasteiger partial charge < -0.3 is 14.7 Å². The number of likely N-dealkylation sites (tertiary alicyclic amines) is 1. The summed E-state index contributed by atoms with van der Waals surface area (Å²) in [5.41, 5.74) is 1.35. The van der Waals surface area contributed by atoms with Gasteiger partial charge in [0.2, 0.25) is 5.88 Å². The van der Waals surface area contributed by atoms with Crippen LogP contribution in [0.5, 0.6) is 5.88 Å². The van der Waals surface area contributed by atoms with Gasteiger partial charge in [-0.25, -0.2) is 4.79 Å². The number of likely N-dealkylation sites (N-methyl/N-ethyl adjacent to an activating group) is 1. The number of carboxylic acid groups (broad SMARTS) is 1. The summed E-state index contributed by atoms with van der Waals surface area (Å²) in [6.45, 7) is 4.98. The number of piperidine rings is 1. The summed E-state index contributed by atoms with van der Waals surface area (Å²) in [5.74, 6) is -0.896. The maximum Gasteiger partial charge on any atom is 0.341 e. The Labute approximate surface area is 118 Å². The second-order valence-electron chi connectivity index (χ2n) is 5.34. The van der Waals surface area contributed by atoms with E-state index in [9.17, 15) is 9.90 Å². The van der Waals surface area contributed by atoms with Crippen molar-refractivity contribution in [2.75, 3.05) is 20.2 Å². The molecule has 1 atom stereocenters. The Morgan fingerprint density at radius 1 is 1.40 bits per heavy atom. The van der Waals surface area contributed by atoms with Crippen molar-refractivity contribution in [3.05, 3.63) is 16.8 Å². The van der Waals surface area contributed by atoms with Crippen molar-refractivity contribution in [1.29, 1.82) is 0 Å². The van der Waals surface area contributed by atoms with Crippen LogP contribution >= 0.6 is 0 Å². The number of aromatic carboxylic acids is 1. The summed E-state index contributed by atoms with van der Waals surface area (Å²) in [6, 6.07) is 0.314. The minimum atomic E-state index is -1.02. The molecule has 0 aromatic carbocycles. The predicted molar refractivity (Wildman–Crippen MR) is 74.2 cm³/mol. The quantitative estimate of drug-likeness (QED) is 0.903. The summed E-state index contributed by atoms with van der Waals surface area (Å²) < 4.78 is 5.65. The number of carboxylic acids is 1. The SMILES string of the molecule is Cc1nnc(OCC2CCCCN2C)c(C(=O)O)c1C. The van der Waals surface area contributed by atoms with E-state index in [0.29, 0.717) is 23.9 Å². The van der Waals surface area contributed by atoms with Gasteiger partial charge >= 0.3 is 5.97 Å². The molecule has 6 heteroatoms. The molecule has 20 heavy (non-hydrogen) atoms. The zero-order valence-electron chi connectivity index (χ0n) is 12.2. The van der Waals surface area contributed by atoms with Crippen molar-refractivity contribution in [2.45, 2.75) is 39.2 Å². The highest BCUT2D eigenvalue weighted by molar-refractivity contribution is 5.91. The van der Waals surface area contributed by atoms with Crippen LogP contribution in [-0.2, 0) is 0 Å². The first-order valence-corrected chi connectivity index (χ1v) is 6.91. The topological polar surface area (TPSA) is 75.6 Å². The zero-order valence-corrected chi connectivity index (χ0v) is 12.2. The maximum absolute atomic E-state index is 11.4. The fraction of sp³-hybridized carbons (Fsp3) is 0.643. The van der Waals surface area contributed by atoms with Crippen molar-refractivity contribution in [3.8, 4) is 5.88 Å². The lowest BCUT2D eigenvalue weighted by Crippen LogP contribution is -2.40. The highest BCUT2D eigenvalue weighted by Gasteiger charge is 2.23. The molecule has 6 nitrogen and oxygen atoms in total. The Balaban J connectivity index is 2.13. The summed E-state index contributed by atoms with van der Waals surface area (Å²) in [7, 11) is 2.07. The molecule has 1 saturated heterocycles. The molecular formula is C14H21N3O3. The van der Waals surface area contributed by atoms with Crippen LogP contribution in [0.1, 0.15) is 40.9 Å². The van der Waals surface area contributed by atoms with E-state index in [1.165, 1.54) is 12.8 Å². The van der Waals surface area contributed by atoms with Gasteiger partial charge in [0.15, 0.2) is 0 Å². The molecule has 1 aromatic heterocycles. The summed E-state index contributed by atoms with van der Waals surface area (Å²) in [6.07, 6.45) is 3.46.